The Kier molecular flexibility index (Phi) is 8.33. The first kappa shape index (κ1) is 28.5. The molecule has 8 nitrogen and oxygen atoms in total. The van der Waals surface area contributed by atoms with E-state index in [9.17, 15) is 9.59 Å². The largest absolute Gasteiger partial charge is 0.493 e. The number of hydrogen-bond donors (Lipinski definition) is 0. The fourth-order valence-electron chi connectivity index (χ4n) is 5.56. The zero-order chi connectivity index (χ0) is 29.8. The Morgan fingerprint density at radius 3 is 1.83 bits per heavy atom. The predicted molar refractivity (Wildman–Crippen MR) is 162 cm³/mol. The van der Waals surface area contributed by atoms with Crippen LogP contribution in [-0.2, 0) is 0 Å². The average Bonchev–Trinajstić information content (AvgIpc) is 3.04. The van der Waals surface area contributed by atoms with Gasteiger partial charge in [-0.05, 0) is 55.8 Å². The standard InChI is InChI=1S/C34H34N2O6/c1-22-18-27(36(34(38)24-14-10-7-11-15-24)25-16-17-29(39-2)30(19-25)40-3)26-20-31(41-4)32(42-5)21-28(26)35(22)33(37)23-12-8-6-9-13-23/h6-17,19-22,27H,18H2,1-5H3/t22-,27+/m1/s1. The van der Waals surface area contributed by atoms with Gasteiger partial charge in [0.15, 0.2) is 23.0 Å². The zero-order valence-electron chi connectivity index (χ0n) is 24.4. The van der Waals surface area contributed by atoms with Crippen molar-refractivity contribution in [1.82, 2.24) is 0 Å². The average molecular weight is 567 g/mol. The molecule has 0 bridgehead atoms. The third-order valence-electron chi connectivity index (χ3n) is 7.59. The number of nitrogens with zero attached hydrogens (tertiary/aromatic N) is 2. The van der Waals surface area contributed by atoms with Crippen LogP contribution >= 0.6 is 0 Å². The number of ether oxygens (including phenoxy) is 4. The molecular formula is C34H34N2O6. The fourth-order valence-corrected chi connectivity index (χ4v) is 5.56. The normalized spacial score (nSPS) is 15.8. The molecule has 1 aliphatic rings. The number of carbonyl (C=O) groups is 2. The maximum atomic E-state index is 14.3. The number of carbonyl (C=O) groups excluding carboxylic acids is 2. The van der Waals surface area contributed by atoms with Crippen molar-refractivity contribution in [3.8, 4) is 23.0 Å². The second-order valence-electron chi connectivity index (χ2n) is 9.99. The molecule has 0 aliphatic carbocycles. The van der Waals surface area contributed by atoms with Gasteiger partial charge in [0.05, 0.1) is 40.2 Å². The molecule has 0 saturated heterocycles. The molecule has 1 heterocycles. The van der Waals surface area contributed by atoms with Gasteiger partial charge >= 0.3 is 0 Å². The summed E-state index contributed by atoms with van der Waals surface area (Å²) in [6.07, 6.45) is 0.466. The highest BCUT2D eigenvalue weighted by Gasteiger charge is 2.40. The first-order chi connectivity index (χ1) is 20.4. The van der Waals surface area contributed by atoms with Crippen molar-refractivity contribution in [3.63, 3.8) is 0 Å². The van der Waals surface area contributed by atoms with Crippen LogP contribution in [0.1, 0.15) is 45.7 Å². The molecular weight excluding hydrogens is 532 g/mol. The number of hydrogen-bond acceptors (Lipinski definition) is 6. The summed E-state index contributed by atoms with van der Waals surface area (Å²) in [6, 6.07) is 26.7. The van der Waals surface area contributed by atoms with Crippen LogP contribution in [-0.4, -0.2) is 46.3 Å². The van der Waals surface area contributed by atoms with E-state index in [1.165, 1.54) is 0 Å². The van der Waals surface area contributed by atoms with Crippen LogP contribution in [0.25, 0.3) is 0 Å². The summed E-state index contributed by atoms with van der Waals surface area (Å²) in [5.41, 5.74) is 3.14. The molecule has 1 aliphatic heterocycles. The van der Waals surface area contributed by atoms with Gasteiger partial charge in [-0.3, -0.25) is 9.59 Å². The van der Waals surface area contributed by atoms with Crippen LogP contribution in [0.2, 0.25) is 0 Å². The number of fused-ring (bicyclic) bond motifs is 1. The van der Waals surface area contributed by atoms with Crippen molar-refractivity contribution in [1.29, 1.82) is 0 Å². The molecule has 5 rings (SSSR count). The summed E-state index contributed by atoms with van der Waals surface area (Å²) in [6.45, 7) is 1.99. The molecule has 4 aromatic rings. The van der Waals surface area contributed by atoms with Crippen molar-refractivity contribution >= 4 is 23.2 Å². The molecule has 0 radical (unpaired) electrons. The Bertz CT molecular complexity index is 1570. The molecule has 0 unspecified atom stereocenters. The van der Waals surface area contributed by atoms with Crippen LogP contribution in [0.15, 0.2) is 91.0 Å². The number of amides is 2. The molecule has 8 heteroatoms. The van der Waals surface area contributed by atoms with E-state index in [-0.39, 0.29) is 17.9 Å². The lowest BCUT2D eigenvalue weighted by Gasteiger charge is -2.44. The van der Waals surface area contributed by atoms with E-state index in [2.05, 4.69) is 0 Å². The third-order valence-corrected chi connectivity index (χ3v) is 7.59. The first-order valence-electron chi connectivity index (χ1n) is 13.7. The van der Waals surface area contributed by atoms with Crippen molar-refractivity contribution in [3.05, 3.63) is 108 Å². The number of benzene rings is 4. The maximum absolute atomic E-state index is 14.3. The maximum Gasteiger partial charge on any atom is 0.258 e. The minimum absolute atomic E-state index is 0.137. The Morgan fingerprint density at radius 2 is 1.24 bits per heavy atom. The van der Waals surface area contributed by atoms with Crippen molar-refractivity contribution < 1.29 is 28.5 Å². The molecule has 2 amide bonds. The minimum Gasteiger partial charge on any atom is -0.493 e. The van der Waals surface area contributed by atoms with Gasteiger partial charge in [0.1, 0.15) is 0 Å². The molecule has 0 aromatic heterocycles. The molecule has 2 atom stereocenters. The summed E-state index contributed by atoms with van der Waals surface area (Å²) in [7, 11) is 6.26. The molecule has 4 aromatic carbocycles. The highest BCUT2D eigenvalue weighted by atomic mass is 16.5. The van der Waals surface area contributed by atoms with Gasteiger partial charge < -0.3 is 28.7 Å². The van der Waals surface area contributed by atoms with Crippen LogP contribution < -0.4 is 28.7 Å². The number of rotatable bonds is 8. The van der Waals surface area contributed by atoms with Gasteiger partial charge in [0.25, 0.3) is 11.8 Å². The molecule has 0 saturated carbocycles. The summed E-state index contributed by atoms with van der Waals surface area (Å²) in [5.74, 6) is 1.71. The number of anilines is 2. The second-order valence-corrected chi connectivity index (χ2v) is 9.99. The first-order valence-corrected chi connectivity index (χ1v) is 13.7. The summed E-state index contributed by atoms with van der Waals surface area (Å²) in [4.78, 5) is 31.8. The Hall–Kier alpha value is -4.98. The van der Waals surface area contributed by atoms with Crippen LogP contribution in [0, 0.1) is 0 Å². The predicted octanol–water partition coefficient (Wildman–Crippen LogP) is 6.55. The van der Waals surface area contributed by atoms with E-state index in [0.29, 0.717) is 51.9 Å². The van der Waals surface area contributed by atoms with E-state index in [4.69, 9.17) is 18.9 Å². The minimum atomic E-state index is -0.458. The molecule has 0 fully saturated rings. The summed E-state index contributed by atoms with van der Waals surface area (Å²) < 4.78 is 22.4. The van der Waals surface area contributed by atoms with Gasteiger partial charge in [0.2, 0.25) is 0 Å². The van der Waals surface area contributed by atoms with E-state index >= 15 is 0 Å². The summed E-state index contributed by atoms with van der Waals surface area (Å²) in [5, 5.41) is 0. The van der Waals surface area contributed by atoms with E-state index in [1.54, 1.807) is 74.6 Å². The van der Waals surface area contributed by atoms with Gasteiger partial charge in [-0.1, -0.05) is 36.4 Å². The monoisotopic (exact) mass is 566 g/mol. The highest BCUT2D eigenvalue weighted by Crippen LogP contribution is 2.48. The Morgan fingerprint density at radius 1 is 0.690 bits per heavy atom. The second kappa shape index (κ2) is 12.3. The lowest BCUT2D eigenvalue weighted by Crippen LogP contribution is -2.48. The topological polar surface area (TPSA) is 77.5 Å². The van der Waals surface area contributed by atoms with Gasteiger partial charge in [-0.2, -0.15) is 0 Å². The van der Waals surface area contributed by atoms with Gasteiger partial charge in [-0.25, -0.2) is 0 Å². The molecule has 42 heavy (non-hydrogen) atoms. The van der Waals surface area contributed by atoms with Crippen LogP contribution in [0.4, 0.5) is 11.4 Å². The lowest BCUT2D eigenvalue weighted by molar-refractivity contribution is 0.0965. The van der Waals surface area contributed by atoms with Gasteiger partial charge in [0, 0.05) is 40.6 Å². The van der Waals surface area contributed by atoms with Crippen molar-refractivity contribution in [2.75, 3.05) is 38.2 Å². The quantitative estimate of drug-likeness (QED) is 0.241. The molecule has 216 valence electrons. The Balaban J connectivity index is 1.73. The van der Waals surface area contributed by atoms with E-state index < -0.39 is 6.04 Å². The summed E-state index contributed by atoms with van der Waals surface area (Å²) >= 11 is 0. The third kappa shape index (κ3) is 5.23. The van der Waals surface area contributed by atoms with E-state index in [0.717, 1.165) is 5.56 Å². The fraction of sp³-hybridized carbons (Fsp3) is 0.235. The number of methoxy groups -OCH3 is 4. The van der Waals surface area contributed by atoms with Crippen molar-refractivity contribution in [2.24, 2.45) is 0 Å². The van der Waals surface area contributed by atoms with Gasteiger partial charge in [-0.15, -0.1) is 0 Å². The SMILES string of the molecule is COc1ccc(N(C(=O)c2ccccc2)[C@H]2C[C@@H](C)N(C(=O)c3ccccc3)c3cc(OC)c(OC)cc32)cc1OC. The lowest BCUT2D eigenvalue weighted by atomic mass is 9.88. The molecule has 0 spiro atoms. The highest BCUT2D eigenvalue weighted by molar-refractivity contribution is 6.09. The zero-order valence-corrected chi connectivity index (χ0v) is 24.4. The van der Waals surface area contributed by atoms with Crippen molar-refractivity contribution in [2.45, 2.75) is 25.4 Å². The Labute approximate surface area is 246 Å². The smallest absolute Gasteiger partial charge is 0.258 e. The van der Waals surface area contributed by atoms with E-state index in [1.807, 2.05) is 61.5 Å². The van der Waals surface area contributed by atoms with Crippen LogP contribution in [0.5, 0.6) is 23.0 Å². The molecule has 0 N–H and O–H groups in total. The van der Waals surface area contributed by atoms with Crippen LogP contribution in [0.3, 0.4) is 0 Å².